The Labute approximate surface area is 179 Å². The third-order valence-corrected chi connectivity index (χ3v) is 4.90. The maximum Gasteiger partial charge on any atom is 0.329 e. The van der Waals surface area contributed by atoms with E-state index in [4.69, 9.17) is 9.47 Å². The van der Waals surface area contributed by atoms with E-state index in [1.54, 1.807) is 18.2 Å². The number of rotatable bonds is 6. The van der Waals surface area contributed by atoms with Crippen LogP contribution in [-0.4, -0.2) is 43.5 Å². The Morgan fingerprint density at radius 3 is 2.53 bits per heavy atom. The number of ether oxygens (including phenoxy) is 2. The third-order valence-electron chi connectivity index (χ3n) is 4.21. The lowest BCUT2D eigenvalue weighted by atomic mass is 10.1. The molecule has 0 radical (unpaired) electrons. The summed E-state index contributed by atoms with van der Waals surface area (Å²) in [7, 11) is 2.97. The smallest absolute Gasteiger partial charge is 0.329 e. The number of carbonyl (C=O) groups is 3. The number of anilines is 1. The summed E-state index contributed by atoms with van der Waals surface area (Å²) in [6.07, 6.45) is 1.45. The number of nitrogens with one attached hydrogen (secondary N) is 2. The summed E-state index contributed by atoms with van der Waals surface area (Å²) in [6, 6.07) is 8.12. The zero-order valence-electron chi connectivity index (χ0n) is 16.0. The highest BCUT2D eigenvalue weighted by Crippen LogP contribution is 2.34. The van der Waals surface area contributed by atoms with Crippen LogP contribution >= 0.6 is 15.9 Å². The number of nitrogens with zero attached hydrogens (tertiary/aromatic N) is 1. The molecule has 3 rings (SSSR count). The van der Waals surface area contributed by atoms with E-state index in [1.165, 1.54) is 38.5 Å². The van der Waals surface area contributed by atoms with Crippen LogP contribution in [0.4, 0.5) is 14.9 Å². The first-order valence-corrected chi connectivity index (χ1v) is 9.43. The van der Waals surface area contributed by atoms with Gasteiger partial charge in [0.25, 0.3) is 5.91 Å². The van der Waals surface area contributed by atoms with Crippen molar-refractivity contribution in [1.82, 2.24) is 10.2 Å². The monoisotopic (exact) mass is 477 g/mol. The van der Waals surface area contributed by atoms with Gasteiger partial charge in [0.15, 0.2) is 11.5 Å². The third kappa shape index (κ3) is 4.43. The summed E-state index contributed by atoms with van der Waals surface area (Å²) in [5.41, 5.74) is 0.486. The van der Waals surface area contributed by atoms with Crippen LogP contribution in [0.25, 0.3) is 6.08 Å². The summed E-state index contributed by atoms with van der Waals surface area (Å²) >= 11 is 3.38. The fraction of sp³-hybridized carbons (Fsp3) is 0.150. The van der Waals surface area contributed by atoms with Gasteiger partial charge in [-0.2, -0.15) is 0 Å². The predicted octanol–water partition coefficient (Wildman–Crippen LogP) is 3.14. The number of benzene rings is 2. The fourth-order valence-electron chi connectivity index (χ4n) is 2.75. The van der Waals surface area contributed by atoms with Gasteiger partial charge in [0, 0.05) is 4.47 Å². The molecule has 0 spiro atoms. The molecule has 1 aliphatic rings. The van der Waals surface area contributed by atoms with Crippen molar-refractivity contribution in [3.05, 3.63) is 57.9 Å². The molecule has 2 N–H and O–H groups in total. The number of halogens is 2. The first-order chi connectivity index (χ1) is 14.3. The molecule has 0 saturated carbocycles. The second-order valence-corrected chi connectivity index (χ2v) is 6.99. The van der Waals surface area contributed by atoms with Crippen molar-refractivity contribution in [2.45, 2.75) is 0 Å². The first-order valence-electron chi connectivity index (χ1n) is 8.64. The highest BCUT2D eigenvalue weighted by atomic mass is 79.9. The molecule has 2 aromatic carbocycles. The van der Waals surface area contributed by atoms with Gasteiger partial charge >= 0.3 is 6.03 Å². The molecule has 4 amide bonds. The van der Waals surface area contributed by atoms with Crippen LogP contribution < -0.4 is 20.1 Å². The molecule has 1 saturated heterocycles. The number of hydrogen-bond acceptors (Lipinski definition) is 5. The number of amides is 4. The molecule has 0 bridgehead atoms. The molecule has 1 aliphatic heterocycles. The molecule has 2 aromatic rings. The van der Waals surface area contributed by atoms with E-state index in [0.717, 1.165) is 4.90 Å². The average molecular weight is 478 g/mol. The van der Waals surface area contributed by atoms with Gasteiger partial charge in [-0.3, -0.25) is 9.59 Å². The lowest BCUT2D eigenvalue weighted by Gasteiger charge is -2.12. The molecular formula is C20H17BrFN3O5. The lowest BCUT2D eigenvalue weighted by molar-refractivity contribution is -0.127. The van der Waals surface area contributed by atoms with E-state index in [2.05, 4.69) is 26.6 Å². The summed E-state index contributed by atoms with van der Waals surface area (Å²) in [6.45, 7) is -0.566. The highest BCUT2D eigenvalue weighted by Gasteiger charge is 2.35. The molecule has 156 valence electrons. The van der Waals surface area contributed by atoms with E-state index in [9.17, 15) is 18.8 Å². The SMILES string of the molecule is COc1cc(Br)c(/C=C2/NC(=O)N(CC(=O)Nc3ccccc3F)C2=O)cc1OC. The van der Waals surface area contributed by atoms with Gasteiger partial charge in [-0.05, 0) is 35.9 Å². The summed E-state index contributed by atoms with van der Waals surface area (Å²) in [5.74, 6) is -1.10. The number of methoxy groups -OCH3 is 2. The molecule has 10 heteroatoms. The van der Waals surface area contributed by atoms with Crippen molar-refractivity contribution in [1.29, 1.82) is 0 Å². The summed E-state index contributed by atoms with van der Waals surface area (Å²) in [5, 5.41) is 4.76. The van der Waals surface area contributed by atoms with Crippen molar-refractivity contribution in [2.24, 2.45) is 0 Å². The number of para-hydroxylation sites is 1. The Morgan fingerprint density at radius 2 is 1.87 bits per heavy atom. The standard InChI is InChI=1S/C20H17BrFN3O5/c1-29-16-8-11(12(21)9-17(16)30-2)7-15-19(27)25(20(28)24-15)10-18(26)23-14-6-4-3-5-13(14)22/h3-9H,10H2,1-2H3,(H,23,26)(H,24,28)/b15-7+. The molecule has 1 heterocycles. The first kappa shape index (κ1) is 21.3. The van der Waals surface area contributed by atoms with Gasteiger partial charge < -0.3 is 20.1 Å². The van der Waals surface area contributed by atoms with Gasteiger partial charge in [-0.1, -0.05) is 28.1 Å². The summed E-state index contributed by atoms with van der Waals surface area (Å²) in [4.78, 5) is 37.7. The average Bonchev–Trinajstić information content (AvgIpc) is 2.98. The number of urea groups is 1. The molecule has 0 aliphatic carbocycles. The predicted molar refractivity (Wildman–Crippen MR) is 110 cm³/mol. The molecule has 0 atom stereocenters. The van der Waals surface area contributed by atoms with Crippen LogP contribution in [0.1, 0.15) is 5.56 Å². The van der Waals surface area contributed by atoms with Gasteiger partial charge in [0.1, 0.15) is 18.1 Å². The van der Waals surface area contributed by atoms with Crippen LogP contribution in [-0.2, 0) is 9.59 Å². The van der Waals surface area contributed by atoms with E-state index in [1.807, 2.05) is 0 Å². The van der Waals surface area contributed by atoms with E-state index in [0.29, 0.717) is 21.5 Å². The quantitative estimate of drug-likeness (QED) is 0.492. The van der Waals surface area contributed by atoms with Crippen LogP contribution in [0, 0.1) is 5.82 Å². The lowest BCUT2D eigenvalue weighted by Crippen LogP contribution is -2.38. The van der Waals surface area contributed by atoms with E-state index >= 15 is 0 Å². The Morgan fingerprint density at radius 1 is 1.20 bits per heavy atom. The fourth-order valence-corrected chi connectivity index (χ4v) is 3.18. The Bertz CT molecular complexity index is 1060. The van der Waals surface area contributed by atoms with Crippen LogP contribution in [0.3, 0.4) is 0 Å². The number of imide groups is 1. The van der Waals surface area contributed by atoms with Crippen molar-refractivity contribution >= 4 is 45.5 Å². The van der Waals surface area contributed by atoms with Crippen LogP contribution in [0.15, 0.2) is 46.6 Å². The zero-order chi connectivity index (χ0) is 21.8. The topological polar surface area (TPSA) is 97.0 Å². The summed E-state index contributed by atoms with van der Waals surface area (Å²) < 4.78 is 24.7. The molecule has 0 aromatic heterocycles. The molecule has 8 nitrogen and oxygen atoms in total. The highest BCUT2D eigenvalue weighted by molar-refractivity contribution is 9.10. The second kappa shape index (κ2) is 8.95. The van der Waals surface area contributed by atoms with Gasteiger partial charge in [0.05, 0.1) is 19.9 Å². The Hall–Kier alpha value is -3.40. The van der Waals surface area contributed by atoms with Crippen molar-refractivity contribution in [3.8, 4) is 11.5 Å². The molecular weight excluding hydrogens is 461 g/mol. The minimum atomic E-state index is -0.758. The van der Waals surface area contributed by atoms with Crippen molar-refractivity contribution < 1.29 is 28.2 Å². The van der Waals surface area contributed by atoms with E-state index in [-0.39, 0.29) is 11.4 Å². The molecule has 0 unspecified atom stereocenters. The molecule has 30 heavy (non-hydrogen) atoms. The van der Waals surface area contributed by atoms with Crippen molar-refractivity contribution in [2.75, 3.05) is 26.1 Å². The van der Waals surface area contributed by atoms with Gasteiger partial charge in [-0.15, -0.1) is 0 Å². The Kier molecular flexibility index (Phi) is 6.36. The number of hydrogen-bond donors (Lipinski definition) is 2. The van der Waals surface area contributed by atoms with E-state index < -0.39 is 30.2 Å². The van der Waals surface area contributed by atoms with Crippen LogP contribution in [0.5, 0.6) is 11.5 Å². The minimum absolute atomic E-state index is 0.0217. The minimum Gasteiger partial charge on any atom is -0.493 e. The zero-order valence-corrected chi connectivity index (χ0v) is 17.6. The van der Waals surface area contributed by atoms with Crippen LogP contribution in [0.2, 0.25) is 0 Å². The van der Waals surface area contributed by atoms with Crippen molar-refractivity contribution in [3.63, 3.8) is 0 Å². The Balaban J connectivity index is 1.78. The normalized spacial score (nSPS) is 14.7. The van der Waals surface area contributed by atoms with Gasteiger partial charge in [0.2, 0.25) is 5.91 Å². The largest absolute Gasteiger partial charge is 0.493 e. The second-order valence-electron chi connectivity index (χ2n) is 6.14. The number of carbonyl (C=O) groups excluding carboxylic acids is 3. The maximum absolute atomic E-state index is 13.7. The van der Waals surface area contributed by atoms with Gasteiger partial charge in [-0.25, -0.2) is 14.1 Å². The maximum atomic E-state index is 13.7. The molecule has 1 fully saturated rings.